The van der Waals surface area contributed by atoms with Gasteiger partial charge < -0.3 is 48.3 Å². The lowest BCUT2D eigenvalue weighted by Crippen LogP contribution is -2.58. The number of thioether (sulfide) groups is 1. The van der Waals surface area contributed by atoms with Crippen molar-refractivity contribution in [2.45, 2.75) is 56.3 Å². The zero-order valence-corrected chi connectivity index (χ0v) is 24.1. The van der Waals surface area contributed by atoms with Gasteiger partial charge in [0.1, 0.15) is 23.9 Å². The number of hydrogen-bond donors (Lipinski definition) is 9. The normalized spacial score (nSPS) is 13.7. The highest BCUT2D eigenvalue weighted by atomic mass is 32.2. The van der Waals surface area contributed by atoms with Gasteiger partial charge in [0.2, 0.25) is 17.7 Å². The third kappa shape index (κ3) is 12.1. The van der Waals surface area contributed by atoms with Crippen molar-refractivity contribution in [3.63, 3.8) is 0 Å². The third-order valence-corrected chi connectivity index (χ3v) is 6.79. The van der Waals surface area contributed by atoms with Crippen molar-refractivity contribution in [3.8, 4) is 5.75 Å². The molecule has 42 heavy (non-hydrogen) atoms. The van der Waals surface area contributed by atoms with E-state index in [2.05, 4.69) is 30.9 Å². The topological polar surface area (TPSA) is 264 Å². The molecule has 0 saturated carbocycles. The number of aromatic amines is 1. The molecule has 1 aromatic heterocycles. The summed E-state index contributed by atoms with van der Waals surface area (Å²) in [5.74, 6) is -2.69. The maximum atomic E-state index is 13.4. The van der Waals surface area contributed by atoms with Gasteiger partial charge in [-0.1, -0.05) is 12.1 Å². The Balaban J connectivity index is 2.22. The zero-order chi connectivity index (χ0) is 31.1. The minimum Gasteiger partial charge on any atom is -0.508 e. The number of aromatic nitrogens is 2. The van der Waals surface area contributed by atoms with Crippen LogP contribution in [0.2, 0.25) is 0 Å². The van der Waals surface area contributed by atoms with E-state index in [1.54, 1.807) is 12.1 Å². The molecule has 15 nitrogen and oxygen atoms in total. The summed E-state index contributed by atoms with van der Waals surface area (Å²) in [6, 6.07) is 1.44. The monoisotopic (exact) mass is 605 g/mol. The van der Waals surface area contributed by atoms with E-state index in [4.69, 9.17) is 17.2 Å². The summed E-state index contributed by atoms with van der Waals surface area (Å²) in [7, 11) is 0. The van der Waals surface area contributed by atoms with Gasteiger partial charge in [-0.2, -0.15) is 11.8 Å². The second kappa shape index (κ2) is 17.5. The van der Waals surface area contributed by atoms with Gasteiger partial charge in [0, 0.05) is 31.3 Å². The van der Waals surface area contributed by atoms with Crippen LogP contribution in [0.5, 0.6) is 5.75 Å². The van der Waals surface area contributed by atoms with Crippen LogP contribution in [0.25, 0.3) is 0 Å². The second-order valence-corrected chi connectivity index (χ2v) is 10.5. The number of phenolic OH excluding ortho intramolecular Hbond substituents is 1. The number of carbonyl (C=O) groups is 4. The first-order chi connectivity index (χ1) is 20.0. The number of imidazole rings is 1. The molecule has 4 atom stereocenters. The number of nitrogens with zero attached hydrogens (tertiary/aromatic N) is 2. The van der Waals surface area contributed by atoms with Gasteiger partial charge >= 0.3 is 5.97 Å². The van der Waals surface area contributed by atoms with Crippen molar-refractivity contribution in [1.82, 2.24) is 25.9 Å². The number of nitrogens with two attached hydrogens (primary N) is 3. The summed E-state index contributed by atoms with van der Waals surface area (Å²) >= 11 is 1.53. The van der Waals surface area contributed by atoms with Gasteiger partial charge in [-0.15, -0.1) is 0 Å². The number of H-pyrrole nitrogens is 1. The molecular weight excluding hydrogens is 566 g/mol. The van der Waals surface area contributed by atoms with Gasteiger partial charge in [-0.3, -0.25) is 19.4 Å². The molecule has 230 valence electrons. The number of guanidine groups is 1. The number of hydrogen-bond acceptors (Lipinski definition) is 9. The Labute approximate surface area is 247 Å². The first-order valence-corrected chi connectivity index (χ1v) is 14.6. The molecule has 16 heteroatoms. The largest absolute Gasteiger partial charge is 0.508 e. The molecule has 0 aliphatic carbocycles. The maximum Gasteiger partial charge on any atom is 0.326 e. The summed E-state index contributed by atoms with van der Waals surface area (Å²) in [6.07, 6.45) is 5.53. The minimum absolute atomic E-state index is 0.0159. The molecule has 1 aromatic carbocycles. The van der Waals surface area contributed by atoms with E-state index in [0.717, 1.165) is 0 Å². The van der Waals surface area contributed by atoms with Crippen molar-refractivity contribution in [2.75, 3.05) is 18.6 Å². The fourth-order valence-corrected chi connectivity index (χ4v) is 4.35. The summed E-state index contributed by atoms with van der Waals surface area (Å²) in [6.45, 7) is 0.204. The van der Waals surface area contributed by atoms with E-state index in [1.807, 2.05) is 6.26 Å². The molecule has 12 N–H and O–H groups in total. The Kier molecular flexibility index (Phi) is 14.1. The smallest absolute Gasteiger partial charge is 0.326 e. The number of benzene rings is 1. The molecular formula is C26H39N9O6S. The second-order valence-electron chi connectivity index (χ2n) is 9.51. The number of rotatable bonds is 18. The summed E-state index contributed by atoms with van der Waals surface area (Å²) in [4.78, 5) is 62.2. The fourth-order valence-electron chi connectivity index (χ4n) is 3.86. The number of aromatic hydroxyl groups is 1. The molecule has 0 spiro atoms. The Morgan fingerprint density at radius 3 is 2.21 bits per heavy atom. The van der Waals surface area contributed by atoms with Crippen molar-refractivity contribution >= 4 is 41.4 Å². The molecule has 0 bridgehead atoms. The van der Waals surface area contributed by atoms with Crippen molar-refractivity contribution in [3.05, 3.63) is 48.0 Å². The summed E-state index contributed by atoms with van der Waals surface area (Å²) < 4.78 is 0. The van der Waals surface area contributed by atoms with E-state index < -0.39 is 47.9 Å². The highest BCUT2D eigenvalue weighted by Gasteiger charge is 2.31. The zero-order valence-electron chi connectivity index (χ0n) is 23.3. The highest BCUT2D eigenvalue weighted by molar-refractivity contribution is 7.98. The Morgan fingerprint density at radius 1 is 0.976 bits per heavy atom. The van der Waals surface area contributed by atoms with Crippen LogP contribution in [0.4, 0.5) is 0 Å². The van der Waals surface area contributed by atoms with Crippen LogP contribution < -0.4 is 33.2 Å². The number of aliphatic carboxylic acids is 1. The van der Waals surface area contributed by atoms with Gasteiger partial charge in [0.25, 0.3) is 0 Å². The maximum absolute atomic E-state index is 13.4. The van der Waals surface area contributed by atoms with Crippen LogP contribution in [-0.4, -0.2) is 92.6 Å². The van der Waals surface area contributed by atoms with Crippen LogP contribution in [0.15, 0.2) is 41.8 Å². The van der Waals surface area contributed by atoms with Gasteiger partial charge in [0.15, 0.2) is 5.96 Å². The standard InChI is InChI=1S/C26H39N9O6S/c1-42-10-8-18(27)22(37)33-19(3-2-9-31-26(28)29)23(38)34-20(12-16-13-30-14-32-16)24(39)35-21(25(40)41)11-15-4-6-17(36)7-5-15/h4-7,13-14,18-21,36H,2-3,8-12,27H2,1H3,(H,30,32)(H,33,37)(H,34,38)(H,35,39)(H,40,41)(H4,28,29,31). The lowest BCUT2D eigenvalue weighted by Gasteiger charge is -2.25. The molecule has 0 saturated heterocycles. The molecule has 3 amide bonds. The van der Waals surface area contributed by atoms with E-state index in [-0.39, 0.29) is 37.5 Å². The van der Waals surface area contributed by atoms with Crippen molar-refractivity contribution in [2.24, 2.45) is 22.2 Å². The third-order valence-electron chi connectivity index (χ3n) is 6.15. The molecule has 0 fully saturated rings. The summed E-state index contributed by atoms with van der Waals surface area (Å²) in [5, 5.41) is 27.0. The highest BCUT2D eigenvalue weighted by Crippen LogP contribution is 2.12. The number of amides is 3. The molecule has 0 aliphatic heterocycles. The van der Waals surface area contributed by atoms with Crippen molar-refractivity contribution in [1.29, 1.82) is 0 Å². The average molecular weight is 606 g/mol. The molecule has 2 rings (SSSR count). The van der Waals surface area contributed by atoms with Crippen LogP contribution in [0, 0.1) is 0 Å². The van der Waals surface area contributed by atoms with Crippen LogP contribution >= 0.6 is 11.8 Å². The molecule has 4 unspecified atom stereocenters. The Morgan fingerprint density at radius 2 is 1.62 bits per heavy atom. The van der Waals surface area contributed by atoms with E-state index in [1.165, 1.54) is 36.4 Å². The first-order valence-electron chi connectivity index (χ1n) is 13.2. The first kappa shape index (κ1) is 33.9. The van der Waals surface area contributed by atoms with Crippen molar-refractivity contribution < 1.29 is 29.4 Å². The lowest BCUT2D eigenvalue weighted by molar-refractivity contribution is -0.142. The van der Waals surface area contributed by atoms with Crippen LogP contribution in [-0.2, 0) is 32.0 Å². The number of nitrogens with one attached hydrogen (secondary N) is 4. The minimum atomic E-state index is -1.33. The quantitative estimate of drug-likeness (QED) is 0.0540. The number of carbonyl (C=O) groups excluding carboxylic acids is 3. The molecule has 0 radical (unpaired) electrons. The number of phenols is 1. The number of aliphatic imine (C=N–C) groups is 1. The summed E-state index contributed by atoms with van der Waals surface area (Å²) in [5.41, 5.74) is 17.8. The average Bonchev–Trinajstić information content (AvgIpc) is 3.46. The lowest BCUT2D eigenvalue weighted by atomic mass is 10.0. The fraction of sp³-hybridized carbons (Fsp3) is 0.462. The molecule has 0 aliphatic rings. The van der Waals surface area contributed by atoms with Gasteiger partial charge in [-0.05, 0) is 49.0 Å². The number of carboxylic acids is 1. The predicted octanol–water partition coefficient (Wildman–Crippen LogP) is -1.43. The van der Waals surface area contributed by atoms with E-state index >= 15 is 0 Å². The van der Waals surface area contributed by atoms with E-state index in [9.17, 15) is 29.4 Å². The van der Waals surface area contributed by atoms with E-state index in [0.29, 0.717) is 29.9 Å². The molecule has 1 heterocycles. The van der Waals surface area contributed by atoms with Gasteiger partial charge in [-0.25, -0.2) is 9.78 Å². The number of carboxylic acid groups (broad SMARTS) is 1. The molecule has 2 aromatic rings. The van der Waals surface area contributed by atoms with Crippen LogP contribution in [0.3, 0.4) is 0 Å². The predicted molar refractivity (Wildman–Crippen MR) is 158 cm³/mol. The Bertz CT molecular complexity index is 1190. The SMILES string of the molecule is CSCCC(N)C(=O)NC(CCCN=C(N)N)C(=O)NC(Cc1cnc[nH]1)C(=O)NC(Cc1ccc(O)cc1)C(=O)O. The van der Waals surface area contributed by atoms with Crippen LogP contribution in [0.1, 0.15) is 30.5 Å². The van der Waals surface area contributed by atoms with Gasteiger partial charge in [0.05, 0.1) is 12.4 Å². The Hall–Kier alpha value is -4.31.